The van der Waals surface area contributed by atoms with Crippen molar-refractivity contribution in [3.8, 4) is 0 Å². The Morgan fingerprint density at radius 2 is 1.75 bits per heavy atom. The van der Waals surface area contributed by atoms with Crippen molar-refractivity contribution >= 4 is 34.8 Å². The molecule has 0 atom stereocenters. The molecular formula is C12H16MgO3. The van der Waals surface area contributed by atoms with E-state index < -0.39 is 5.97 Å². The number of carbonyl (C=O) groups excluding carboxylic acids is 1. The molecule has 0 saturated heterocycles. The third kappa shape index (κ3) is 3.94. The molecule has 0 aliphatic rings. The van der Waals surface area contributed by atoms with Crippen molar-refractivity contribution in [3.05, 3.63) is 35.4 Å². The standard InChI is InChI=1S/C12H14O3.Mg.2H/c1-2-3-8-11(13)9-6-4-5-7-10(9)12(14)15;;;/h4-7H,2-3,8H2,1H3,(H,14,15);;;. The van der Waals surface area contributed by atoms with Crippen molar-refractivity contribution in [2.75, 3.05) is 0 Å². The van der Waals surface area contributed by atoms with Gasteiger partial charge in [0.15, 0.2) is 5.78 Å². The Morgan fingerprint density at radius 3 is 2.25 bits per heavy atom. The zero-order valence-corrected chi connectivity index (χ0v) is 8.69. The Kier molecular flexibility index (Phi) is 7.00. The molecule has 0 amide bonds. The lowest BCUT2D eigenvalue weighted by Crippen LogP contribution is -2.08. The zero-order chi connectivity index (χ0) is 11.3. The summed E-state index contributed by atoms with van der Waals surface area (Å²) in [4.78, 5) is 22.5. The van der Waals surface area contributed by atoms with E-state index in [1.165, 1.54) is 6.07 Å². The Hall–Kier alpha value is -0.874. The van der Waals surface area contributed by atoms with Gasteiger partial charge in [0.1, 0.15) is 0 Å². The van der Waals surface area contributed by atoms with E-state index in [1.807, 2.05) is 6.92 Å². The van der Waals surface area contributed by atoms with E-state index in [0.29, 0.717) is 12.0 Å². The maximum Gasteiger partial charge on any atom is 0.336 e. The van der Waals surface area contributed by atoms with Crippen LogP contribution in [0.2, 0.25) is 0 Å². The highest BCUT2D eigenvalue weighted by molar-refractivity contribution is 6.05. The second kappa shape index (κ2) is 7.41. The van der Waals surface area contributed by atoms with E-state index in [0.717, 1.165) is 12.8 Å². The highest BCUT2D eigenvalue weighted by Gasteiger charge is 2.14. The molecule has 0 aliphatic heterocycles. The Morgan fingerprint density at radius 1 is 1.19 bits per heavy atom. The highest BCUT2D eigenvalue weighted by atomic mass is 24.3. The van der Waals surface area contributed by atoms with Gasteiger partial charge in [0.2, 0.25) is 0 Å². The second-order valence-electron chi connectivity index (χ2n) is 3.38. The first-order chi connectivity index (χ1) is 7.16. The molecule has 0 spiro atoms. The largest absolute Gasteiger partial charge is 0.478 e. The van der Waals surface area contributed by atoms with Crippen LogP contribution in [0.25, 0.3) is 0 Å². The lowest BCUT2D eigenvalue weighted by Gasteiger charge is -2.03. The number of carboxylic acid groups (broad SMARTS) is 1. The van der Waals surface area contributed by atoms with Crippen LogP contribution in [0.5, 0.6) is 0 Å². The van der Waals surface area contributed by atoms with Gasteiger partial charge in [-0.15, -0.1) is 0 Å². The Bertz CT molecular complexity index is 374. The van der Waals surface area contributed by atoms with E-state index in [2.05, 4.69) is 0 Å². The maximum atomic E-state index is 11.7. The minimum Gasteiger partial charge on any atom is -0.478 e. The predicted octanol–water partition coefficient (Wildman–Crippen LogP) is 1.84. The number of benzene rings is 1. The molecule has 0 radical (unpaired) electrons. The Labute approximate surface area is 111 Å². The minimum atomic E-state index is -1.05. The van der Waals surface area contributed by atoms with Crippen LogP contribution in [0, 0.1) is 0 Å². The van der Waals surface area contributed by atoms with E-state index in [4.69, 9.17) is 5.11 Å². The number of hydrogen-bond donors (Lipinski definition) is 1. The van der Waals surface area contributed by atoms with E-state index >= 15 is 0 Å². The molecule has 16 heavy (non-hydrogen) atoms. The number of ketones is 1. The lowest BCUT2D eigenvalue weighted by atomic mass is 10.0. The fraction of sp³-hybridized carbons (Fsp3) is 0.333. The van der Waals surface area contributed by atoms with Crippen molar-refractivity contribution in [1.82, 2.24) is 0 Å². The lowest BCUT2D eigenvalue weighted by molar-refractivity contribution is 0.0691. The van der Waals surface area contributed by atoms with Crippen LogP contribution >= 0.6 is 0 Å². The van der Waals surface area contributed by atoms with Crippen molar-refractivity contribution < 1.29 is 14.7 Å². The quantitative estimate of drug-likeness (QED) is 0.623. The summed E-state index contributed by atoms with van der Waals surface area (Å²) >= 11 is 0. The molecule has 0 saturated carbocycles. The highest BCUT2D eigenvalue weighted by Crippen LogP contribution is 2.12. The molecule has 0 aliphatic carbocycles. The third-order valence-electron chi connectivity index (χ3n) is 2.22. The number of carbonyl (C=O) groups is 2. The number of Topliss-reactive ketones (excluding diaryl/α,β-unsaturated/α-hetero) is 1. The van der Waals surface area contributed by atoms with Gasteiger partial charge in [0, 0.05) is 12.0 Å². The number of aromatic carboxylic acids is 1. The van der Waals surface area contributed by atoms with Gasteiger partial charge in [-0.05, 0) is 12.5 Å². The first kappa shape index (κ1) is 15.1. The molecule has 1 rings (SSSR count). The summed E-state index contributed by atoms with van der Waals surface area (Å²) in [5.41, 5.74) is 0.414. The van der Waals surface area contributed by atoms with Crippen LogP contribution in [0.15, 0.2) is 24.3 Å². The SMILES string of the molecule is CCCCC(=O)c1ccccc1C(=O)O.[MgH2]. The first-order valence-corrected chi connectivity index (χ1v) is 5.02. The van der Waals surface area contributed by atoms with Crippen LogP contribution in [-0.2, 0) is 0 Å². The predicted molar refractivity (Wildman–Crippen MR) is 65.8 cm³/mol. The first-order valence-electron chi connectivity index (χ1n) is 5.02. The molecule has 1 N–H and O–H groups in total. The van der Waals surface area contributed by atoms with Gasteiger partial charge >= 0.3 is 29.0 Å². The van der Waals surface area contributed by atoms with Crippen LogP contribution in [-0.4, -0.2) is 39.9 Å². The minimum absolute atomic E-state index is 0. The van der Waals surface area contributed by atoms with Crippen LogP contribution in [0.1, 0.15) is 46.9 Å². The number of rotatable bonds is 5. The van der Waals surface area contributed by atoms with E-state index in [9.17, 15) is 9.59 Å². The number of hydrogen-bond acceptors (Lipinski definition) is 2. The summed E-state index contributed by atoms with van der Waals surface area (Å²) in [6.45, 7) is 2.00. The molecule has 84 valence electrons. The van der Waals surface area contributed by atoms with Gasteiger partial charge in [-0.1, -0.05) is 31.5 Å². The maximum absolute atomic E-state index is 11.7. The van der Waals surface area contributed by atoms with Crippen molar-refractivity contribution in [2.24, 2.45) is 0 Å². The van der Waals surface area contributed by atoms with Crippen LogP contribution in [0.4, 0.5) is 0 Å². The molecule has 1 aromatic rings. The average Bonchev–Trinajstić information content (AvgIpc) is 2.25. The summed E-state index contributed by atoms with van der Waals surface area (Å²) in [7, 11) is 0. The van der Waals surface area contributed by atoms with Gasteiger partial charge in [-0.25, -0.2) is 4.79 Å². The van der Waals surface area contributed by atoms with Crippen molar-refractivity contribution in [1.29, 1.82) is 0 Å². The molecule has 1 aromatic carbocycles. The fourth-order valence-electron chi connectivity index (χ4n) is 1.38. The van der Waals surface area contributed by atoms with Gasteiger partial charge in [-0.3, -0.25) is 4.79 Å². The Balaban J connectivity index is 0.00000225. The molecule has 0 aromatic heterocycles. The van der Waals surface area contributed by atoms with E-state index in [-0.39, 0.29) is 34.4 Å². The van der Waals surface area contributed by atoms with Gasteiger partial charge in [-0.2, -0.15) is 0 Å². The summed E-state index contributed by atoms with van der Waals surface area (Å²) < 4.78 is 0. The van der Waals surface area contributed by atoms with Crippen molar-refractivity contribution in [2.45, 2.75) is 26.2 Å². The van der Waals surface area contributed by atoms with E-state index in [1.54, 1.807) is 18.2 Å². The normalized spacial score (nSPS) is 9.31. The zero-order valence-electron chi connectivity index (χ0n) is 8.69. The number of unbranched alkanes of at least 4 members (excludes halogenated alkanes) is 1. The second-order valence-corrected chi connectivity index (χ2v) is 3.38. The topological polar surface area (TPSA) is 54.4 Å². The summed E-state index contributed by atoms with van der Waals surface area (Å²) in [6.07, 6.45) is 2.15. The molecule has 0 bridgehead atoms. The molecule has 4 heteroatoms. The van der Waals surface area contributed by atoms with Crippen LogP contribution < -0.4 is 0 Å². The molecular weight excluding hydrogens is 216 g/mol. The number of carboxylic acids is 1. The molecule has 0 unspecified atom stereocenters. The molecule has 0 fully saturated rings. The summed E-state index contributed by atoms with van der Waals surface area (Å²) in [5, 5.41) is 8.89. The van der Waals surface area contributed by atoms with Gasteiger partial charge in [0.05, 0.1) is 5.56 Å². The van der Waals surface area contributed by atoms with Gasteiger partial charge in [0.25, 0.3) is 0 Å². The smallest absolute Gasteiger partial charge is 0.336 e. The molecule has 3 nitrogen and oxygen atoms in total. The summed E-state index contributed by atoms with van der Waals surface area (Å²) in [5.74, 6) is -1.13. The summed E-state index contributed by atoms with van der Waals surface area (Å²) in [6, 6.07) is 6.34. The van der Waals surface area contributed by atoms with Gasteiger partial charge < -0.3 is 5.11 Å². The van der Waals surface area contributed by atoms with Crippen LogP contribution in [0.3, 0.4) is 0 Å². The third-order valence-corrected chi connectivity index (χ3v) is 2.22. The molecule has 0 heterocycles. The monoisotopic (exact) mass is 232 g/mol. The fourth-order valence-corrected chi connectivity index (χ4v) is 1.38. The average molecular weight is 233 g/mol. The van der Waals surface area contributed by atoms with Crippen molar-refractivity contribution in [3.63, 3.8) is 0 Å².